The molecule has 1 fully saturated rings. The van der Waals surface area contributed by atoms with E-state index in [1.807, 2.05) is 24.0 Å². The summed E-state index contributed by atoms with van der Waals surface area (Å²) in [5.74, 6) is 1.84. The first-order chi connectivity index (χ1) is 12.2. The second-order valence-corrected chi connectivity index (χ2v) is 6.26. The van der Waals surface area contributed by atoms with Gasteiger partial charge in [-0.25, -0.2) is 0 Å². The molecule has 1 aliphatic heterocycles. The van der Waals surface area contributed by atoms with Crippen LogP contribution in [0.4, 0.5) is 0 Å². The van der Waals surface area contributed by atoms with Gasteiger partial charge in [0.2, 0.25) is 5.91 Å². The standard InChI is InChI=1S/C18H27ClN4O2/c1-2-20-18(21-10-4-13-23-12-3-5-17(23)24)22-11-14-25-16-8-6-15(19)7-9-16/h6-9H,2-5,10-14H2,1H3,(H2,20,21,22). The van der Waals surface area contributed by atoms with Crippen LogP contribution in [0.3, 0.4) is 0 Å². The van der Waals surface area contributed by atoms with E-state index in [0.717, 1.165) is 44.2 Å². The third-order valence-electron chi connectivity index (χ3n) is 3.85. The Morgan fingerprint density at radius 2 is 2.12 bits per heavy atom. The fourth-order valence-corrected chi connectivity index (χ4v) is 2.73. The summed E-state index contributed by atoms with van der Waals surface area (Å²) in [6.45, 7) is 6.40. The van der Waals surface area contributed by atoms with Crippen LogP contribution in [0.25, 0.3) is 0 Å². The van der Waals surface area contributed by atoms with Gasteiger partial charge in [0.15, 0.2) is 5.96 Å². The lowest BCUT2D eigenvalue weighted by Gasteiger charge is -2.15. The van der Waals surface area contributed by atoms with Gasteiger partial charge in [-0.1, -0.05) is 11.6 Å². The van der Waals surface area contributed by atoms with Gasteiger partial charge in [0, 0.05) is 37.6 Å². The highest BCUT2D eigenvalue weighted by Crippen LogP contribution is 2.15. The lowest BCUT2D eigenvalue weighted by atomic mass is 10.3. The molecule has 0 atom stereocenters. The van der Waals surface area contributed by atoms with E-state index < -0.39 is 0 Å². The molecule has 1 saturated heterocycles. The second-order valence-electron chi connectivity index (χ2n) is 5.83. The van der Waals surface area contributed by atoms with Crippen LogP contribution in [-0.2, 0) is 4.79 Å². The molecule has 7 heteroatoms. The maximum absolute atomic E-state index is 11.6. The Balaban J connectivity index is 1.64. The van der Waals surface area contributed by atoms with Crippen LogP contribution in [0.15, 0.2) is 29.3 Å². The Morgan fingerprint density at radius 1 is 1.32 bits per heavy atom. The number of nitrogens with zero attached hydrogens (tertiary/aromatic N) is 2. The summed E-state index contributed by atoms with van der Waals surface area (Å²) in [6, 6.07) is 7.31. The average molecular weight is 367 g/mol. The maximum atomic E-state index is 11.6. The van der Waals surface area contributed by atoms with Crippen LogP contribution < -0.4 is 15.4 Å². The minimum atomic E-state index is 0.272. The van der Waals surface area contributed by atoms with E-state index >= 15 is 0 Å². The fraction of sp³-hybridized carbons (Fsp3) is 0.556. The minimum absolute atomic E-state index is 0.272. The van der Waals surface area contributed by atoms with Crippen molar-refractivity contribution in [3.63, 3.8) is 0 Å². The molecule has 0 spiro atoms. The quantitative estimate of drug-likeness (QED) is 0.400. The number of guanidine groups is 1. The van der Waals surface area contributed by atoms with E-state index in [-0.39, 0.29) is 5.91 Å². The normalized spacial score (nSPS) is 14.7. The number of hydrogen-bond acceptors (Lipinski definition) is 3. The SMILES string of the molecule is CCNC(=NCCCN1CCCC1=O)NCCOc1ccc(Cl)cc1. The summed E-state index contributed by atoms with van der Waals surface area (Å²) >= 11 is 5.85. The van der Waals surface area contributed by atoms with Gasteiger partial charge in [0.25, 0.3) is 0 Å². The number of hydrogen-bond donors (Lipinski definition) is 2. The van der Waals surface area contributed by atoms with Crippen LogP contribution in [0.2, 0.25) is 5.02 Å². The molecule has 1 aliphatic rings. The van der Waals surface area contributed by atoms with Crippen molar-refractivity contribution < 1.29 is 9.53 Å². The topological polar surface area (TPSA) is 66.0 Å². The van der Waals surface area contributed by atoms with Crippen molar-refractivity contribution in [2.75, 3.05) is 39.3 Å². The van der Waals surface area contributed by atoms with Crippen molar-refractivity contribution >= 4 is 23.5 Å². The van der Waals surface area contributed by atoms with Crippen molar-refractivity contribution in [3.05, 3.63) is 29.3 Å². The maximum Gasteiger partial charge on any atom is 0.222 e. The molecule has 0 aliphatic carbocycles. The van der Waals surface area contributed by atoms with Crippen LogP contribution in [-0.4, -0.2) is 56.1 Å². The van der Waals surface area contributed by atoms with Crippen molar-refractivity contribution in [1.29, 1.82) is 0 Å². The highest BCUT2D eigenvalue weighted by atomic mass is 35.5. The van der Waals surface area contributed by atoms with Crippen LogP contribution in [0.1, 0.15) is 26.2 Å². The summed E-state index contributed by atoms with van der Waals surface area (Å²) in [4.78, 5) is 18.0. The Bertz CT molecular complexity index is 563. The predicted molar refractivity (Wildman–Crippen MR) is 101 cm³/mol. The lowest BCUT2D eigenvalue weighted by Crippen LogP contribution is -2.39. The lowest BCUT2D eigenvalue weighted by molar-refractivity contribution is -0.127. The number of nitrogens with one attached hydrogen (secondary N) is 2. The molecule has 2 N–H and O–H groups in total. The number of halogens is 1. The minimum Gasteiger partial charge on any atom is -0.492 e. The molecule has 6 nitrogen and oxygen atoms in total. The zero-order chi connectivity index (χ0) is 17.9. The molecule has 0 aromatic heterocycles. The Hall–Kier alpha value is -1.95. The van der Waals surface area contributed by atoms with E-state index in [1.165, 1.54) is 0 Å². The van der Waals surface area contributed by atoms with Crippen molar-refractivity contribution in [2.24, 2.45) is 4.99 Å². The molecule has 138 valence electrons. The number of carbonyl (C=O) groups is 1. The van der Waals surface area contributed by atoms with Gasteiger partial charge < -0.3 is 20.3 Å². The molecule has 1 heterocycles. The van der Waals surface area contributed by atoms with Crippen molar-refractivity contribution in [2.45, 2.75) is 26.2 Å². The highest BCUT2D eigenvalue weighted by Gasteiger charge is 2.18. The number of carbonyl (C=O) groups excluding carboxylic acids is 1. The van der Waals surface area contributed by atoms with Crippen molar-refractivity contribution in [1.82, 2.24) is 15.5 Å². The summed E-state index contributed by atoms with van der Waals surface area (Å²) in [5.41, 5.74) is 0. The van der Waals surface area contributed by atoms with E-state index in [9.17, 15) is 4.79 Å². The van der Waals surface area contributed by atoms with Crippen LogP contribution in [0, 0.1) is 0 Å². The number of likely N-dealkylation sites (tertiary alicyclic amines) is 1. The van der Waals surface area contributed by atoms with E-state index in [2.05, 4.69) is 15.6 Å². The van der Waals surface area contributed by atoms with Crippen LogP contribution in [0.5, 0.6) is 5.75 Å². The van der Waals surface area contributed by atoms with Gasteiger partial charge in [0.05, 0.1) is 6.54 Å². The number of aliphatic imine (C=N–C) groups is 1. The summed E-state index contributed by atoms with van der Waals surface area (Å²) < 4.78 is 5.65. The molecule has 25 heavy (non-hydrogen) atoms. The zero-order valence-corrected chi connectivity index (χ0v) is 15.5. The number of ether oxygens (including phenoxy) is 1. The summed E-state index contributed by atoms with van der Waals surface area (Å²) in [7, 11) is 0. The van der Waals surface area contributed by atoms with E-state index in [4.69, 9.17) is 16.3 Å². The number of rotatable bonds is 9. The van der Waals surface area contributed by atoms with Gasteiger partial charge in [-0.2, -0.15) is 0 Å². The van der Waals surface area contributed by atoms with Gasteiger partial charge >= 0.3 is 0 Å². The third kappa shape index (κ3) is 7.22. The summed E-state index contributed by atoms with van der Waals surface area (Å²) in [6.07, 6.45) is 2.56. The molecule has 0 bridgehead atoms. The predicted octanol–water partition coefficient (Wildman–Crippen LogP) is 2.29. The van der Waals surface area contributed by atoms with Crippen molar-refractivity contribution in [3.8, 4) is 5.75 Å². The Labute approximate surface area is 154 Å². The largest absolute Gasteiger partial charge is 0.492 e. The molecule has 1 aromatic carbocycles. The number of benzene rings is 1. The molecule has 2 rings (SSSR count). The Kier molecular flexibility index (Phi) is 8.39. The summed E-state index contributed by atoms with van der Waals surface area (Å²) in [5, 5.41) is 7.16. The van der Waals surface area contributed by atoms with E-state index in [0.29, 0.717) is 31.1 Å². The Morgan fingerprint density at radius 3 is 2.80 bits per heavy atom. The molecular weight excluding hydrogens is 340 g/mol. The van der Waals surface area contributed by atoms with Gasteiger partial charge in [-0.15, -0.1) is 0 Å². The zero-order valence-electron chi connectivity index (χ0n) is 14.8. The molecule has 0 saturated carbocycles. The first-order valence-corrected chi connectivity index (χ1v) is 9.25. The molecule has 1 aromatic rings. The fourth-order valence-electron chi connectivity index (χ4n) is 2.60. The monoisotopic (exact) mass is 366 g/mol. The number of amides is 1. The average Bonchev–Trinajstić information content (AvgIpc) is 3.02. The molecular formula is C18H27ClN4O2. The van der Waals surface area contributed by atoms with Gasteiger partial charge in [0.1, 0.15) is 12.4 Å². The van der Waals surface area contributed by atoms with Gasteiger partial charge in [-0.05, 0) is 44.0 Å². The smallest absolute Gasteiger partial charge is 0.222 e. The highest BCUT2D eigenvalue weighted by molar-refractivity contribution is 6.30. The van der Waals surface area contributed by atoms with Crippen LogP contribution >= 0.6 is 11.6 Å². The first kappa shape index (κ1) is 19.4. The van der Waals surface area contributed by atoms with Gasteiger partial charge in [-0.3, -0.25) is 9.79 Å². The molecule has 0 unspecified atom stereocenters. The molecule has 0 radical (unpaired) electrons. The first-order valence-electron chi connectivity index (χ1n) is 8.87. The molecule has 1 amide bonds. The van der Waals surface area contributed by atoms with E-state index in [1.54, 1.807) is 12.1 Å². The third-order valence-corrected chi connectivity index (χ3v) is 4.10. The second kappa shape index (κ2) is 10.8.